The molecule has 0 heterocycles. The third-order valence-electron chi connectivity index (χ3n) is 3.67. The molecule has 0 aliphatic heterocycles. The van der Waals surface area contributed by atoms with Crippen molar-refractivity contribution in [2.24, 2.45) is 0 Å². The maximum Gasteiger partial charge on any atom is 0.408 e. The Bertz CT molecular complexity index is 971. The van der Waals surface area contributed by atoms with Crippen molar-refractivity contribution in [1.82, 2.24) is 10.8 Å². The van der Waals surface area contributed by atoms with E-state index in [9.17, 15) is 18.0 Å². The quantitative estimate of drug-likeness (QED) is 0.436. The lowest BCUT2D eigenvalue weighted by atomic mass is 10.2. The highest BCUT2D eigenvalue weighted by Crippen LogP contribution is 2.28. The number of hydrogen-bond donors (Lipinski definition) is 3. The summed E-state index contributed by atoms with van der Waals surface area (Å²) in [5.74, 6) is -1.82. The average molecular weight is 453 g/mol. The summed E-state index contributed by atoms with van der Waals surface area (Å²) in [7, 11) is -3.95. The molecule has 2 aromatic carbocycles. The molecule has 0 aliphatic carbocycles. The van der Waals surface area contributed by atoms with E-state index in [0.717, 1.165) is 9.79 Å². The zero-order valence-corrected chi connectivity index (χ0v) is 18.4. The third-order valence-corrected chi connectivity index (χ3v) is 6.44. The van der Waals surface area contributed by atoms with Crippen molar-refractivity contribution in [2.45, 2.75) is 47.1 Å². The summed E-state index contributed by atoms with van der Waals surface area (Å²) < 4.78 is 30.5. The number of amides is 2. The number of ether oxygens (including phenoxy) is 1. The summed E-state index contributed by atoms with van der Waals surface area (Å²) in [6.07, 6.45) is -0.971. The van der Waals surface area contributed by atoms with Gasteiger partial charge in [0.1, 0.15) is 11.6 Å². The Morgan fingerprint density at radius 2 is 1.60 bits per heavy atom. The number of nitrogens with one attached hydrogen (secondary N) is 2. The zero-order valence-electron chi connectivity index (χ0n) is 16.8. The molecule has 162 valence electrons. The lowest BCUT2D eigenvalue weighted by Crippen LogP contribution is -2.50. The summed E-state index contributed by atoms with van der Waals surface area (Å²) in [4.78, 5) is 25.7. The first-order valence-corrected chi connectivity index (χ1v) is 11.5. The molecular weight excluding hydrogens is 428 g/mol. The molecule has 0 unspecified atom stereocenters. The van der Waals surface area contributed by atoms with E-state index in [4.69, 9.17) is 9.94 Å². The lowest BCUT2D eigenvalue weighted by molar-refractivity contribution is -0.130. The molecule has 2 rings (SSSR count). The fourth-order valence-corrected chi connectivity index (χ4v) is 4.62. The van der Waals surface area contributed by atoms with Gasteiger partial charge in [-0.25, -0.2) is 18.7 Å². The van der Waals surface area contributed by atoms with Crippen LogP contribution in [0.25, 0.3) is 0 Å². The highest BCUT2D eigenvalue weighted by atomic mass is 32.2. The molecular formula is C20H24N2O6S2. The molecule has 0 aliphatic rings. The van der Waals surface area contributed by atoms with E-state index in [2.05, 4.69) is 5.32 Å². The van der Waals surface area contributed by atoms with E-state index in [1.54, 1.807) is 32.9 Å². The molecule has 30 heavy (non-hydrogen) atoms. The normalized spacial score (nSPS) is 12.7. The maximum absolute atomic E-state index is 12.7. The fraction of sp³-hybridized carbons (Fsp3) is 0.300. The van der Waals surface area contributed by atoms with Crippen molar-refractivity contribution in [2.75, 3.05) is 5.75 Å². The molecule has 2 amide bonds. The largest absolute Gasteiger partial charge is 0.444 e. The van der Waals surface area contributed by atoms with Crippen molar-refractivity contribution < 1.29 is 28.0 Å². The Balaban J connectivity index is 2.13. The van der Waals surface area contributed by atoms with Crippen molar-refractivity contribution >= 4 is 33.6 Å². The Hall–Kier alpha value is -2.56. The van der Waals surface area contributed by atoms with Gasteiger partial charge in [0.15, 0.2) is 9.84 Å². The van der Waals surface area contributed by atoms with E-state index in [-0.39, 0.29) is 4.90 Å². The van der Waals surface area contributed by atoms with E-state index in [1.807, 2.05) is 30.3 Å². The van der Waals surface area contributed by atoms with Gasteiger partial charge in [-0.3, -0.25) is 10.0 Å². The van der Waals surface area contributed by atoms with E-state index in [1.165, 1.54) is 29.4 Å². The van der Waals surface area contributed by atoms with Crippen LogP contribution < -0.4 is 10.8 Å². The van der Waals surface area contributed by atoms with Crippen LogP contribution in [0.2, 0.25) is 0 Å². The van der Waals surface area contributed by atoms with Crippen LogP contribution in [0.3, 0.4) is 0 Å². The minimum Gasteiger partial charge on any atom is -0.444 e. The Labute approximate surface area is 179 Å². The van der Waals surface area contributed by atoms with Crippen molar-refractivity contribution in [1.29, 1.82) is 0 Å². The van der Waals surface area contributed by atoms with Gasteiger partial charge >= 0.3 is 6.09 Å². The monoisotopic (exact) mass is 452 g/mol. The summed E-state index contributed by atoms with van der Waals surface area (Å²) in [6, 6.07) is 14.3. The highest BCUT2D eigenvalue weighted by Gasteiger charge is 2.30. The van der Waals surface area contributed by atoms with E-state index < -0.39 is 39.2 Å². The summed E-state index contributed by atoms with van der Waals surface area (Å²) >= 11 is 1.48. The van der Waals surface area contributed by atoms with Crippen LogP contribution in [0, 0.1) is 0 Å². The van der Waals surface area contributed by atoms with Gasteiger partial charge in [-0.15, -0.1) is 0 Å². The van der Waals surface area contributed by atoms with Gasteiger partial charge in [0.2, 0.25) is 0 Å². The molecule has 0 saturated carbocycles. The number of hydroxylamine groups is 1. The average Bonchev–Trinajstić information content (AvgIpc) is 2.66. The SMILES string of the molecule is CC(C)(C)OC(=O)N[C@H](CS(=O)(=O)c1ccc(Sc2ccccc2)cc1)C(=O)NO. The number of carbonyl (C=O) groups excluding carboxylic acids is 2. The lowest BCUT2D eigenvalue weighted by Gasteiger charge is -2.22. The van der Waals surface area contributed by atoms with Crippen molar-refractivity contribution in [3.8, 4) is 0 Å². The summed E-state index contributed by atoms with van der Waals surface area (Å²) in [6.45, 7) is 4.87. The van der Waals surface area contributed by atoms with Gasteiger partial charge in [0, 0.05) is 9.79 Å². The smallest absolute Gasteiger partial charge is 0.408 e. The van der Waals surface area contributed by atoms with Crippen molar-refractivity contribution in [3.05, 3.63) is 54.6 Å². The molecule has 0 aromatic heterocycles. The second kappa shape index (κ2) is 9.96. The predicted molar refractivity (Wildman–Crippen MR) is 112 cm³/mol. The van der Waals surface area contributed by atoms with Crippen LogP contribution >= 0.6 is 11.8 Å². The van der Waals surface area contributed by atoms with Crippen LogP contribution in [0.5, 0.6) is 0 Å². The molecule has 0 radical (unpaired) electrons. The first-order chi connectivity index (χ1) is 14.0. The Morgan fingerprint density at radius 1 is 1.03 bits per heavy atom. The Morgan fingerprint density at radius 3 is 2.13 bits per heavy atom. The minimum absolute atomic E-state index is 0.0124. The molecule has 0 fully saturated rings. The topological polar surface area (TPSA) is 122 Å². The molecule has 0 saturated heterocycles. The number of alkyl carbamates (subject to hydrolysis) is 1. The first kappa shape index (κ1) is 23.7. The minimum atomic E-state index is -3.95. The number of carbonyl (C=O) groups is 2. The molecule has 1 atom stereocenters. The van der Waals surface area contributed by atoms with Gasteiger partial charge in [-0.05, 0) is 57.2 Å². The van der Waals surface area contributed by atoms with Gasteiger partial charge in [0.05, 0.1) is 10.6 Å². The first-order valence-electron chi connectivity index (χ1n) is 8.99. The van der Waals surface area contributed by atoms with Gasteiger partial charge in [-0.1, -0.05) is 30.0 Å². The van der Waals surface area contributed by atoms with Gasteiger partial charge in [-0.2, -0.15) is 0 Å². The molecule has 2 aromatic rings. The third kappa shape index (κ3) is 7.36. The van der Waals surface area contributed by atoms with Crippen LogP contribution in [-0.4, -0.2) is 43.0 Å². The van der Waals surface area contributed by atoms with Crippen molar-refractivity contribution in [3.63, 3.8) is 0 Å². The fourth-order valence-electron chi connectivity index (χ4n) is 2.37. The molecule has 10 heteroatoms. The zero-order chi connectivity index (χ0) is 22.4. The maximum atomic E-state index is 12.7. The molecule has 0 spiro atoms. The standard InChI is InChI=1S/C20H24N2O6S2/c1-20(2,3)28-19(24)21-17(18(23)22-25)13-30(26,27)16-11-9-15(10-12-16)29-14-7-5-4-6-8-14/h4-12,17,25H,13H2,1-3H3,(H,21,24)(H,22,23)/t17-/m1/s1. The number of rotatable bonds is 7. The Kier molecular flexibility index (Phi) is 7.88. The van der Waals surface area contributed by atoms with Crippen LogP contribution in [0.1, 0.15) is 20.8 Å². The van der Waals surface area contributed by atoms with Gasteiger partial charge < -0.3 is 10.1 Å². The summed E-state index contributed by atoms with van der Waals surface area (Å²) in [5, 5.41) is 11.1. The van der Waals surface area contributed by atoms with E-state index >= 15 is 0 Å². The van der Waals surface area contributed by atoms with E-state index in [0.29, 0.717) is 0 Å². The molecule has 3 N–H and O–H groups in total. The second-order valence-electron chi connectivity index (χ2n) is 7.34. The number of benzene rings is 2. The van der Waals surface area contributed by atoms with Crippen LogP contribution in [-0.2, 0) is 19.4 Å². The second-order valence-corrected chi connectivity index (χ2v) is 10.5. The van der Waals surface area contributed by atoms with Crippen LogP contribution in [0.15, 0.2) is 69.3 Å². The number of hydrogen-bond acceptors (Lipinski definition) is 7. The molecule has 0 bridgehead atoms. The predicted octanol–water partition coefficient (Wildman–Crippen LogP) is 3.01. The van der Waals surface area contributed by atoms with Crippen LogP contribution in [0.4, 0.5) is 4.79 Å². The summed E-state index contributed by atoms with van der Waals surface area (Å²) in [5.41, 5.74) is 0.529. The molecule has 8 nitrogen and oxygen atoms in total. The number of sulfone groups is 1. The van der Waals surface area contributed by atoms with Gasteiger partial charge in [0.25, 0.3) is 5.91 Å². The highest BCUT2D eigenvalue weighted by molar-refractivity contribution is 7.99.